The number of hydrogen-bond acceptors (Lipinski definition) is 2. The van der Waals surface area contributed by atoms with Crippen LogP contribution in [0.4, 0.5) is 13.2 Å². The minimum Gasteiger partial charge on any atom is -0.333 e. The van der Waals surface area contributed by atoms with Gasteiger partial charge in [0.1, 0.15) is 0 Å². The van der Waals surface area contributed by atoms with Crippen molar-refractivity contribution in [2.24, 2.45) is 5.73 Å². The fraction of sp³-hybridized carbons (Fsp3) is 0.533. The molecule has 116 valence electrons. The van der Waals surface area contributed by atoms with E-state index in [4.69, 9.17) is 5.73 Å². The maximum Gasteiger partial charge on any atom is 0.416 e. The van der Waals surface area contributed by atoms with Crippen molar-refractivity contribution in [2.45, 2.75) is 44.4 Å². The Morgan fingerprint density at radius 1 is 1.43 bits per heavy atom. The Morgan fingerprint density at radius 3 is 2.62 bits per heavy atom. The normalized spacial score (nSPS) is 16.6. The molecule has 2 N–H and O–H groups in total. The molecule has 21 heavy (non-hydrogen) atoms. The maximum absolute atomic E-state index is 12.8. The molecule has 1 atom stereocenters. The summed E-state index contributed by atoms with van der Waals surface area (Å²) in [7, 11) is 0. The average molecular weight is 300 g/mol. The van der Waals surface area contributed by atoms with Crippen LogP contribution in [-0.4, -0.2) is 23.4 Å². The number of benzene rings is 1. The topological polar surface area (TPSA) is 46.3 Å². The lowest BCUT2D eigenvalue weighted by atomic mass is 10.0. The molecule has 0 unspecified atom stereocenters. The van der Waals surface area contributed by atoms with Gasteiger partial charge >= 0.3 is 6.18 Å². The zero-order chi connectivity index (χ0) is 15.6. The summed E-state index contributed by atoms with van der Waals surface area (Å²) in [6.45, 7) is 2.01. The van der Waals surface area contributed by atoms with E-state index in [2.05, 4.69) is 0 Å². The Bertz CT molecular complexity index is 512. The SMILES string of the molecule is C[C@H](c1cccc(C(F)(F)F)c1)N(C(=O)CCN)C1CC1. The van der Waals surface area contributed by atoms with Gasteiger partial charge in [0.2, 0.25) is 5.91 Å². The summed E-state index contributed by atoms with van der Waals surface area (Å²) in [5, 5.41) is 0. The molecule has 1 aliphatic carbocycles. The first-order valence-electron chi connectivity index (χ1n) is 7.03. The molecule has 0 radical (unpaired) electrons. The van der Waals surface area contributed by atoms with Crippen LogP contribution in [0.3, 0.4) is 0 Å². The molecule has 1 aromatic carbocycles. The van der Waals surface area contributed by atoms with Crippen molar-refractivity contribution in [1.29, 1.82) is 0 Å². The highest BCUT2D eigenvalue weighted by Crippen LogP contribution is 2.36. The van der Waals surface area contributed by atoms with Gasteiger partial charge in [0.05, 0.1) is 11.6 Å². The lowest BCUT2D eigenvalue weighted by Crippen LogP contribution is -2.36. The highest BCUT2D eigenvalue weighted by Gasteiger charge is 2.37. The number of hydrogen-bond donors (Lipinski definition) is 1. The van der Waals surface area contributed by atoms with Gasteiger partial charge in [-0.15, -0.1) is 0 Å². The largest absolute Gasteiger partial charge is 0.416 e. The highest BCUT2D eigenvalue weighted by atomic mass is 19.4. The number of amides is 1. The second-order valence-electron chi connectivity index (χ2n) is 5.37. The van der Waals surface area contributed by atoms with Crippen LogP contribution in [0.2, 0.25) is 0 Å². The first-order valence-corrected chi connectivity index (χ1v) is 7.03. The third kappa shape index (κ3) is 3.75. The zero-order valence-corrected chi connectivity index (χ0v) is 11.9. The van der Waals surface area contributed by atoms with Crippen LogP contribution >= 0.6 is 0 Å². The summed E-state index contributed by atoms with van der Waals surface area (Å²) >= 11 is 0. The van der Waals surface area contributed by atoms with E-state index >= 15 is 0 Å². The molecule has 6 heteroatoms. The van der Waals surface area contributed by atoms with E-state index < -0.39 is 11.7 Å². The molecular weight excluding hydrogens is 281 g/mol. The van der Waals surface area contributed by atoms with Crippen LogP contribution in [0.1, 0.15) is 43.4 Å². The summed E-state index contributed by atoms with van der Waals surface area (Å²) in [6, 6.07) is 4.93. The van der Waals surface area contributed by atoms with Crippen molar-refractivity contribution in [3.63, 3.8) is 0 Å². The van der Waals surface area contributed by atoms with Crippen molar-refractivity contribution in [3.8, 4) is 0 Å². The van der Waals surface area contributed by atoms with Gasteiger partial charge in [-0.1, -0.05) is 12.1 Å². The molecule has 0 bridgehead atoms. The van der Waals surface area contributed by atoms with E-state index in [1.165, 1.54) is 6.07 Å². The second kappa shape index (κ2) is 6.05. The summed E-state index contributed by atoms with van der Waals surface area (Å²) < 4.78 is 38.4. The molecule has 1 fully saturated rings. The smallest absolute Gasteiger partial charge is 0.333 e. The van der Waals surface area contributed by atoms with Crippen molar-refractivity contribution in [2.75, 3.05) is 6.54 Å². The summed E-state index contributed by atoms with van der Waals surface area (Å²) in [5.74, 6) is -0.0927. The fourth-order valence-electron chi connectivity index (χ4n) is 2.48. The first kappa shape index (κ1) is 15.8. The van der Waals surface area contributed by atoms with Crippen molar-refractivity contribution in [3.05, 3.63) is 35.4 Å². The van der Waals surface area contributed by atoms with E-state index in [9.17, 15) is 18.0 Å². The standard InChI is InChI=1S/C15H19F3N2O/c1-10(20(13-5-6-13)14(21)7-8-19)11-3-2-4-12(9-11)15(16,17)18/h2-4,9-10,13H,5-8,19H2,1H3/t10-/m1/s1. The molecule has 0 spiro atoms. The quantitative estimate of drug-likeness (QED) is 0.908. The third-order valence-corrected chi connectivity index (χ3v) is 3.70. The molecule has 0 aromatic heterocycles. The van der Waals surface area contributed by atoms with E-state index in [0.29, 0.717) is 5.56 Å². The fourth-order valence-corrected chi connectivity index (χ4v) is 2.48. The van der Waals surface area contributed by atoms with E-state index in [-0.39, 0.29) is 31.0 Å². The predicted octanol–water partition coefficient (Wildman–Crippen LogP) is 3.11. The minimum atomic E-state index is -4.37. The molecule has 1 aromatic rings. The van der Waals surface area contributed by atoms with Crippen LogP contribution < -0.4 is 5.73 Å². The Kier molecular flexibility index (Phi) is 4.56. The van der Waals surface area contributed by atoms with Crippen molar-refractivity contribution < 1.29 is 18.0 Å². The molecular formula is C15H19F3N2O. The van der Waals surface area contributed by atoms with Crippen LogP contribution in [0.15, 0.2) is 24.3 Å². The number of nitrogens with zero attached hydrogens (tertiary/aromatic N) is 1. The number of rotatable bonds is 5. The Hall–Kier alpha value is -1.56. The Morgan fingerprint density at radius 2 is 2.10 bits per heavy atom. The lowest BCUT2D eigenvalue weighted by Gasteiger charge is -2.30. The third-order valence-electron chi connectivity index (χ3n) is 3.70. The predicted molar refractivity (Wildman–Crippen MR) is 73.4 cm³/mol. The summed E-state index contributed by atoms with van der Waals surface area (Å²) in [4.78, 5) is 13.8. The second-order valence-corrected chi connectivity index (χ2v) is 5.37. The molecule has 0 saturated heterocycles. The lowest BCUT2D eigenvalue weighted by molar-refractivity contribution is -0.137. The maximum atomic E-state index is 12.8. The van der Waals surface area contributed by atoms with Crippen LogP contribution in [0.5, 0.6) is 0 Å². The molecule has 1 aliphatic rings. The van der Waals surface area contributed by atoms with Crippen molar-refractivity contribution in [1.82, 2.24) is 4.90 Å². The van der Waals surface area contributed by atoms with E-state index in [1.807, 2.05) is 0 Å². The number of halogens is 3. The van der Waals surface area contributed by atoms with Crippen LogP contribution in [-0.2, 0) is 11.0 Å². The monoisotopic (exact) mass is 300 g/mol. The van der Waals surface area contributed by atoms with E-state index in [0.717, 1.165) is 25.0 Å². The van der Waals surface area contributed by atoms with Crippen LogP contribution in [0.25, 0.3) is 0 Å². The van der Waals surface area contributed by atoms with Gasteiger partial charge in [-0.05, 0) is 37.5 Å². The van der Waals surface area contributed by atoms with Gasteiger partial charge in [-0.25, -0.2) is 0 Å². The molecule has 1 saturated carbocycles. The molecule has 1 amide bonds. The molecule has 0 aliphatic heterocycles. The number of nitrogens with two attached hydrogens (primary N) is 1. The van der Waals surface area contributed by atoms with Gasteiger partial charge in [0.25, 0.3) is 0 Å². The Balaban J connectivity index is 2.24. The van der Waals surface area contributed by atoms with Gasteiger partial charge < -0.3 is 10.6 Å². The minimum absolute atomic E-state index is 0.0927. The van der Waals surface area contributed by atoms with Gasteiger partial charge in [0.15, 0.2) is 0 Å². The van der Waals surface area contributed by atoms with Gasteiger partial charge in [0, 0.05) is 19.0 Å². The number of carbonyl (C=O) groups excluding carboxylic acids is 1. The first-order chi connectivity index (χ1) is 9.84. The average Bonchev–Trinajstić information content (AvgIpc) is 3.23. The highest BCUT2D eigenvalue weighted by molar-refractivity contribution is 5.77. The summed E-state index contributed by atoms with van der Waals surface area (Å²) in [5.41, 5.74) is 5.23. The van der Waals surface area contributed by atoms with Gasteiger partial charge in [-0.3, -0.25) is 4.79 Å². The van der Waals surface area contributed by atoms with E-state index in [1.54, 1.807) is 17.9 Å². The number of alkyl halides is 3. The molecule has 0 heterocycles. The molecule has 3 nitrogen and oxygen atoms in total. The van der Waals surface area contributed by atoms with Crippen molar-refractivity contribution >= 4 is 5.91 Å². The van der Waals surface area contributed by atoms with Gasteiger partial charge in [-0.2, -0.15) is 13.2 Å². The molecule has 2 rings (SSSR count). The zero-order valence-electron chi connectivity index (χ0n) is 11.9. The van der Waals surface area contributed by atoms with Crippen LogP contribution in [0, 0.1) is 0 Å². The summed E-state index contributed by atoms with van der Waals surface area (Å²) in [6.07, 6.45) is -2.35. The Labute approximate surface area is 121 Å². The number of carbonyl (C=O) groups is 1.